The lowest BCUT2D eigenvalue weighted by Crippen LogP contribution is -2.28. The first-order valence-corrected chi connectivity index (χ1v) is 9.87. The first kappa shape index (κ1) is 17.5. The van der Waals surface area contributed by atoms with Gasteiger partial charge in [-0.3, -0.25) is 4.79 Å². The predicted octanol–water partition coefficient (Wildman–Crippen LogP) is 5.80. The molecule has 0 saturated heterocycles. The highest BCUT2D eigenvalue weighted by Gasteiger charge is 2.37. The van der Waals surface area contributed by atoms with Crippen molar-refractivity contribution in [3.8, 4) is 0 Å². The second kappa shape index (κ2) is 6.66. The van der Waals surface area contributed by atoms with Crippen LogP contribution in [0.15, 0.2) is 36.4 Å². The monoisotopic (exact) mass is 348 g/mol. The molecular weight excluding hydrogens is 320 g/mol. The highest BCUT2D eigenvalue weighted by atomic mass is 16.5. The fourth-order valence-corrected chi connectivity index (χ4v) is 4.65. The van der Waals surface area contributed by atoms with Crippen LogP contribution in [0.3, 0.4) is 0 Å². The van der Waals surface area contributed by atoms with Crippen molar-refractivity contribution in [2.24, 2.45) is 5.41 Å². The van der Waals surface area contributed by atoms with Gasteiger partial charge in [0, 0.05) is 12.0 Å². The first-order chi connectivity index (χ1) is 12.5. The lowest BCUT2D eigenvalue weighted by molar-refractivity contribution is 0.0911. The number of rotatable bonds is 4. The van der Waals surface area contributed by atoms with Crippen LogP contribution in [0.25, 0.3) is 0 Å². The topological polar surface area (TPSA) is 26.3 Å². The summed E-state index contributed by atoms with van der Waals surface area (Å²) in [4.78, 5) is 13.0. The summed E-state index contributed by atoms with van der Waals surface area (Å²) < 4.78 is 6.23. The molecule has 0 fully saturated rings. The van der Waals surface area contributed by atoms with Gasteiger partial charge in [-0.25, -0.2) is 0 Å². The minimum atomic E-state index is -0.00276. The average Bonchev–Trinajstić information content (AvgIpc) is 3.02. The number of unbranched alkanes of at least 4 members (excludes halogenated alkanes) is 1. The molecule has 1 aliphatic carbocycles. The smallest absolute Gasteiger partial charge is 0.163 e. The standard InChI is InChI=1S/C24H28O2/c1-4-5-11-18-20-15-26-23(16-9-7-6-8-10-16)19(20)12-17-13-24(2,3)14-21(25)22(17)18/h6-10,12,23H,4-5,11,13-15H2,1-3H3. The predicted molar refractivity (Wildman–Crippen MR) is 105 cm³/mol. The molecule has 0 amide bonds. The van der Waals surface area contributed by atoms with E-state index in [9.17, 15) is 4.79 Å². The molecule has 0 radical (unpaired) electrons. The molecule has 1 heterocycles. The maximum Gasteiger partial charge on any atom is 0.163 e. The number of ether oxygens (including phenoxy) is 1. The van der Waals surface area contributed by atoms with Crippen molar-refractivity contribution in [3.63, 3.8) is 0 Å². The van der Waals surface area contributed by atoms with Gasteiger partial charge in [0.15, 0.2) is 5.78 Å². The Morgan fingerprint density at radius 2 is 1.92 bits per heavy atom. The van der Waals surface area contributed by atoms with Crippen molar-refractivity contribution < 1.29 is 9.53 Å². The highest BCUT2D eigenvalue weighted by molar-refractivity contribution is 6.01. The van der Waals surface area contributed by atoms with Crippen LogP contribution < -0.4 is 0 Å². The number of fused-ring (bicyclic) bond motifs is 2. The zero-order valence-electron chi connectivity index (χ0n) is 16.1. The molecule has 1 unspecified atom stereocenters. The molecule has 0 N–H and O–H groups in total. The van der Waals surface area contributed by atoms with Crippen LogP contribution in [0.4, 0.5) is 0 Å². The Bertz CT molecular complexity index is 833. The molecule has 4 rings (SSSR count). The Kier molecular flexibility index (Phi) is 4.48. The molecule has 2 aromatic rings. The number of Topliss-reactive ketones (excluding diaryl/α,β-unsaturated/α-hetero) is 1. The number of ketones is 1. The number of hydrogen-bond donors (Lipinski definition) is 0. The number of hydrogen-bond acceptors (Lipinski definition) is 2. The van der Waals surface area contributed by atoms with E-state index in [1.165, 1.54) is 27.8 Å². The summed E-state index contributed by atoms with van der Waals surface area (Å²) >= 11 is 0. The minimum Gasteiger partial charge on any atom is -0.364 e. The van der Waals surface area contributed by atoms with Crippen LogP contribution in [-0.4, -0.2) is 5.78 Å². The fourth-order valence-electron chi connectivity index (χ4n) is 4.65. The van der Waals surface area contributed by atoms with Crippen LogP contribution >= 0.6 is 0 Å². The van der Waals surface area contributed by atoms with Crippen molar-refractivity contribution in [1.29, 1.82) is 0 Å². The SMILES string of the molecule is CCCCc1c2c(cc3c1C(=O)CC(C)(C)C3)C(c1ccccc1)OC2. The summed E-state index contributed by atoms with van der Waals surface area (Å²) in [5.74, 6) is 0.327. The zero-order chi connectivity index (χ0) is 18.3. The Morgan fingerprint density at radius 3 is 2.65 bits per heavy atom. The number of carbonyl (C=O) groups is 1. The van der Waals surface area contributed by atoms with E-state index in [2.05, 4.69) is 51.1 Å². The van der Waals surface area contributed by atoms with E-state index < -0.39 is 0 Å². The first-order valence-electron chi connectivity index (χ1n) is 9.87. The summed E-state index contributed by atoms with van der Waals surface area (Å²) in [7, 11) is 0. The van der Waals surface area contributed by atoms with Gasteiger partial charge >= 0.3 is 0 Å². The summed E-state index contributed by atoms with van der Waals surface area (Å²) in [6.45, 7) is 7.25. The molecule has 26 heavy (non-hydrogen) atoms. The Labute approximate surface area is 156 Å². The quantitative estimate of drug-likeness (QED) is 0.697. The van der Waals surface area contributed by atoms with Crippen LogP contribution in [-0.2, 0) is 24.2 Å². The average molecular weight is 348 g/mol. The molecule has 0 bridgehead atoms. The van der Waals surface area contributed by atoms with Crippen molar-refractivity contribution in [3.05, 3.63) is 69.8 Å². The normalized spacial score (nSPS) is 20.7. The third-order valence-electron chi connectivity index (χ3n) is 5.81. The van der Waals surface area contributed by atoms with Gasteiger partial charge < -0.3 is 4.74 Å². The Morgan fingerprint density at radius 1 is 1.15 bits per heavy atom. The molecule has 136 valence electrons. The summed E-state index contributed by atoms with van der Waals surface area (Å²) in [5, 5.41) is 0. The van der Waals surface area contributed by atoms with Gasteiger partial charge in [0.2, 0.25) is 0 Å². The van der Waals surface area contributed by atoms with E-state index in [0.29, 0.717) is 18.8 Å². The van der Waals surface area contributed by atoms with Crippen LogP contribution in [0.2, 0.25) is 0 Å². The molecule has 1 aliphatic heterocycles. The summed E-state index contributed by atoms with van der Waals surface area (Å²) in [5.41, 5.74) is 7.34. The third-order valence-corrected chi connectivity index (χ3v) is 5.81. The maximum absolute atomic E-state index is 13.0. The fraction of sp³-hybridized carbons (Fsp3) is 0.458. The molecule has 0 saturated carbocycles. The number of benzene rings is 2. The molecule has 2 aliphatic rings. The van der Waals surface area contributed by atoms with Gasteiger partial charge in [0.25, 0.3) is 0 Å². The molecule has 1 atom stereocenters. The van der Waals surface area contributed by atoms with Gasteiger partial charge in [-0.1, -0.05) is 63.6 Å². The summed E-state index contributed by atoms with van der Waals surface area (Å²) in [6, 6.07) is 12.7. The van der Waals surface area contributed by atoms with Crippen LogP contribution in [0.1, 0.15) is 84.3 Å². The van der Waals surface area contributed by atoms with Crippen molar-refractivity contribution in [2.45, 2.75) is 65.6 Å². The van der Waals surface area contributed by atoms with Crippen molar-refractivity contribution in [1.82, 2.24) is 0 Å². The van der Waals surface area contributed by atoms with E-state index >= 15 is 0 Å². The van der Waals surface area contributed by atoms with Crippen molar-refractivity contribution >= 4 is 5.78 Å². The van der Waals surface area contributed by atoms with Gasteiger partial charge in [0.1, 0.15) is 6.10 Å². The third kappa shape index (κ3) is 3.01. The maximum atomic E-state index is 13.0. The van der Waals surface area contributed by atoms with E-state index in [0.717, 1.165) is 31.2 Å². The van der Waals surface area contributed by atoms with Gasteiger partial charge in [0.05, 0.1) is 6.61 Å². The summed E-state index contributed by atoms with van der Waals surface area (Å²) in [6.07, 6.45) is 4.87. The minimum absolute atomic E-state index is 0.00276. The van der Waals surface area contributed by atoms with Crippen LogP contribution in [0, 0.1) is 5.41 Å². The van der Waals surface area contributed by atoms with Gasteiger partial charge in [-0.05, 0) is 52.5 Å². The van der Waals surface area contributed by atoms with Gasteiger partial charge in [-0.2, -0.15) is 0 Å². The van der Waals surface area contributed by atoms with E-state index in [1.54, 1.807) is 0 Å². The molecular formula is C24H28O2. The molecule has 0 spiro atoms. The van der Waals surface area contributed by atoms with Crippen LogP contribution in [0.5, 0.6) is 0 Å². The Balaban J connectivity index is 1.87. The van der Waals surface area contributed by atoms with E-state index in [4.69, 9.17) is 4.74 Å². The lowest BCUT2D eigenvalue weighted by Gasteiger charge is -2.32. The second-order valence-corrected chi connectivity index (χ2v) is 8.60. The molecule has 2 aromatic carbocycles. The molecule has 2 nitrogen and oxygen atoms in total. The zero-order valence-corrected chi connectivity index (χ0v) is 16.1. The lowest BCUT2D eigenvalue weighted by atomic mass is 9.70. The molecule has 2 heteroatoms. The molecule has 0 aromatic heterocycles. The van der Waals surface area contributed by atoms with Gasteiger partial charge in [-0.15, -0.1) is 0 Å². The van der Waals surface area contributed by atoms with Crippen molar-refractivity contribution in [2.75, 3.05) is 0 Å². The van der Waals surface area contributed by atoms with E-state index in [-0.39, 0.29) is 11.5 Å². The highest BCUT2D eigenvalue weighted by Crippen LogP contribution is 2.44. The largest absolute Gasteiger partial charge is 0.364 e. The Hall–Kier alpha value is -1.93. The number of carbonyl (C=O) groups excluding carboxylic acids is 1. The second-order valence-electron chi connectivity index (χ2n) is 8.60. The van der Waals surface area contributed by atoms with E-state index in [1.807, 2.05) is 6.07 Å².